The standard InChI is InChI=1S/C20H28O4/c1-11(2)17(22)16-13(21)10-14-12(18(16)23)9-15-19(3,4)7-6-8-20(15,5)24-14/h10-11,15,21,23H,6-9H2,1-5H3. The molecule has 2 N–H and O–H groups in total. The normalized spacial score (nSPS) is 28.0. The average Bonchev–Trinajstić information content (AvgIpc) is 2.44. The molecule has 1 fully saturated rings. The molecule has 1 saturated carbocycles. The van der Waals surface area contributed by atoms with Crippen LogP contribution in [0.3, 0.4) is 0 Å². The molecule has 132 valence electrons. The predicted octanol–water partition coefficient (Wildman–Crippen LogP) is 4.46. The number of phenols is 2. The molecule has 1 heterocycles. The lowest BCUT2D eigenvalue weighted by atomic mass is 9.59. The van der Waals surface area contributed by atoms with Crippen LogP contribution in [-0.4, -0.2) is 21.6 Å². The van der Waals surface area contributed by atoms with Gasteiger partial charge in [0.25, 0.3) is 0 Å². The summed E-state index contributed by atoms with van der Waals surface area (Å²) in [5.74, 6) is -0.0515. The van der Waals surface area contributed by atoms with Gasteiger partial charge in [-0.2, -0.15) is 0 Å². The second-order valence-electron chi connectivity index (χ2n) is 8.63. The maximum Gasteiger partial charge on any atom is 0.172 e. The van der Waals surface area contributed by atoms with E-state index in [-0.39, 0.29) is 45.7 Å². The van der Waals surface area contributed by atoms with Crippen LogP contribution in [0.2, 0.25) is 0 Å². The molecule has 4 nitrogen and oxygen atoms in total. The Morgan fingerprint density at radius 1 is 1.25 bits per heavy atom. The van der Waals surface area contributed by atoms with Crippen molar-refractivity contribution in [3.05, 3.63) is 17.2 Å². The summed E-state index contributed by atoms with van der Waals surface area (Å²) in [6, 6.07) is 1.51. The number of carbonyl (C=O) groups is 1. The van der Waals surface area contributed by atoms with Crippen molar-refractivity contribution >= 4 is 5.78 Å². The number of carbonyl (C=O) groups excluding carboxylic acids is 1. The number of rotatable bonds is 2. The van der Waals surface area contributed by atoms with Crippen LogP contribution >= 0.6 is 0 Å². The van der Waals surface area contributed by atoms with Crippen LogP contribution in [0.4, 0.5) is 0 Å². The Morgan fingerprint density at radius 2 is 1.92 bits per heavy atom. The molecule has 0 bridgehead atoms. The van der Waals surface area contributed by atoms with Crippen molar-refractivity contribution in [3.63, 3.8) is 0 Å². The maximum absolute atomic E-state index is 12.4. The van der Waals surface area contributed by atoms with Crippen LogP contribution in [-0.2, 0) is 6.42 Å². The topological polar surface area (TPSA) is 66.8 Å². The van der Waals surface area contributed by atoms with E-state index in [1.807, 2.05) is 0 Å². The predicted molar refractivity (Wildman–Crippen MR) is 92.8 cm³/mol. The molecule has 24 heavy (non-hydrogen) atoms. The molecule has 2 aliphatic rings. The number of aromatic hydroxyl groups is 2. The van der Waals surface area contributed by atoms with Crippen molar-refractivity contribution < 1.29 is 19.7 Å². The second-order valence-corrected chi connectivity index (χ2v) is 8.63. The van der Waals surface area contributed by atoms with Crippen LogP contribution in [0.1, 0.15) is 69.8 Å². The van der Waals surface area contributed by atoms with Gasteiger partial charge in [0.15, 0.2) is 5.78 Å². The van der Waals surface area contributed by atoms with Gasteiger partial charge in [-0.25, -0.2) is 0 Å². The molecule has 2 atom stereocenters. The highest BCUT2D eigenvalue weighted by molar-refractivity contribution is 6.03. The van der Waals surface area contributed by atoms with Crippen molar-refractivity contribution in [1.29, 1.82) is 0 Å². The number of ketones is 1. The van der Waals surface area contributed by atoms with Gasteiger partial charge in [0.05, 0.1) is 0 Å². The molecule has 3 rings (SSSR count). The highest BCUT2D eigenvalue weighted by Gasteiger charge is 2.51. The Balaban J connectivity index is 2.12. The Bertz CT molecular complexity index is 689. The number of hydrogen-bond donors (Lipinski definition) is 2. The zero-order valence-corrected chi connectivity index (χ0v) is 15.3. The Morgan fingerprint density at radius 3 is 2.54 bits per heavy atom. The quantitative estimate of drug-likeness (QED) is 0.785. The molecule has 2 unspecified atom stereocenters. The van der Waals surface area contributed by atoms with E-state index in [0.29, 0.717) is 17.7 Å². The third-order valence-electron chi connectivity index (χ3n) is 6.04. The van der Waals surface area contributed by atoms with Crippen LogP contribution in [0.15, 0.2) is 6.07 Å². The van der Waals surface area contributed by atoms with E-state index < -0.39 is 0 Å². The molecule has 1 aromatic rings. The summed E-state index contributed by atoms with van der Waals surface area (Å²) >= 11 is 0. The SMILES string of the molecule is CC(C)C(=O)c1c(O)cc2c(c1O)CC1C(C)(C)CCCC1(C)O2. The molecule has 1 aromatic carbocycles. The van der Waals surface area contributed by atoms with Gasteiger partial charge in [0.1, 0.15) is 28.4 Å². The largest absolute Gasteiger partial charge is 0.507 e. The summed E-state index contributed by atoms with van der Waals surface area (Å²) in [4.78, 5) is 12.4. The lowest BCUT2D eigenvalue weighted by Gasteiger charge is -2.53. The monoisotopic (exact) mass is 332 g/mol. The molecule has 1 aliphatic heterocycles. The van der Waals surface area contributed by atoms with E-state index in [4.69, 9.17) is 4.74 Å². The fourth-order valence-corrected chi connectivity index (χ4v) is 4.63. The van der Waals surface area contributed by atoms with E-state index in [0.717, 1.165) is 19.3 Å². The molecule has 1 aliphatic carbocycles. The Hall–Kier alpha value is -1.71. The number of fused-ring (bicyclic) bond motifs is 2. The van der Waals surface area contributed by atoms with E-state index >= 15 is 0 Å². The summed E-state index contributed by atoms with van der Waals surface area (Å²) in [5.41, 5.74) is 0.507. The molecular weight excluding hydrogens is 304 g/mol. The Kier molecular flexibility index (Phi) is 3.85. The van der Waals surface area contributed by atoms with Crippen LogP contribution in [0.5, 0.6) is 17.2 Å². The van der Waals surface area contributed by atoms with Crippen LogP contribution < -0.4 is 4.74 Å². The zero-order chi connectivity index (χ0) is 17.9. The van der Waals surface area contributed by atoms with Gasteiger partial charge in [-0.05, 0) is 38.0 Å². The number of ether oxygens (including phenoxy) is 1. The van der Waals surface area contributed by atoms with Crippen molar-refractivity contribution in [3.8, 4) is 17.2 Å². The van der Waals surface area contributed by atoms with Gasteiger partial charge >= 0.3 is 0 Å². The number of phenolic OH excluding ortho intramolecular Hbond substituents is 2. The van der Waals surface area contributed by atoms with Gasteiger partial charge in [-0.3, -0.25) is 4.79 Å². The van der Waals surface area contributed by atoms with Gasteiger partial charge in [-0.15, -0.1) is 0 Å². The van der Waals surface area contributed by atoms with Gasteiger partial charge in [0.2, 0.25) is 0 Å². The smallest absolute Gasteiger partial charge is 0.172 e. The second kappa shape index (κ2) is 5.40. The molecule has 0 aromatic heterocycles. The minimum Gasteiger partial charge on any atom is -0.507 e. The minimum absolute atomic E-state index is 0.0320. The highest BCUT2D eigenvalue weighted by atomic mass is 16.5. The third-order valence-corrected chi connectivity index (χ3v) is 6.04. The Labute approximate surface area is 143 Å². The summed E-state index contributed by atoms with van der Waals surface area (Å²) in [6.07, 6.45) is 3.87. The fourth-order valence-electron chi connectivity index (χ4n) is 4.63. The molecular formula is C20H28O4. The first-order chi connectivity index (χ1) is 11.1. The first kappa shape index (κ1) is 17.1. The van der Waals surface area contributed by atoms with Crippen molar-refractivity contribution in [2.24, 2.45) is 17.3 Å². The summed E-state index contributed by atoms with van der Waals surface area (Å²) < 4.78 is 6.28. The minimum atomic E-state index is -0.294. The number of hydrogen-bond acceptors (Lipinski definition) is 4. The molecule has 0 saturated heterocycles. The number of Topliss-reactive ketones (excluding diaryl/α,β-unsaturated/α-hetero) is 1. The molecule has 4 heteroatoms. The fraction of sp³-hybridized carbons (Fsp3) is 0.650. The lowest BCUT2D eigenvalue weighted by molar-refractivity contribution is -0.0820. The highest BCUT2D eigenvalue weighted by Crippen LogP contribution is 2.55. The van der Waals surface area contributed by atoms with E-state index in [9.17, 15) is 15.0 Å². The lowest BCUT2D eigenvalue weighted by Crippen LogP contribution is -2.53. The van der Waals surface area contributed by atoms with Crippen molar-refractivity contribution in [2.45, 2.75) is 65.9 Å². The van der Waals surface area contributed by atoms with Crippen LogP contribution in [0, 0.1) is 17.3 Å². The van der Waals surface area contributed by atoms with E-state index in [2.05, 4.69) is 20.8 Å². The van der Waals surface area contributed by atoms with Crippen molar-refractivity contribution in [1.82, 2.24) is 0 Å². The molecule has 0 radical (unpaired) electrons. The summed E-state index contributed by atoms with van der Waals surface area (Å²) in [5, 5.41) is 21.0. The molecule has 0 spiro atoms. The van der Waals surface area contributed by atoms with Gasteiger partial charge < -0.3 is 14.9 Å². The van der Waals surface area contributed by atoms with Gasteiger partial charge in [-0.1, -0.05) is 27.7 Å². The average molecular weight is 332 g/mol. The first-order valence-corrected chi connectivity index (χ1v) is 8.88. The summed E-state index contributed by atoms with van der Waals surface area (Å²) in [6.45, 7) is 10.2. The zero-order valence-electron chi connectivity index (χ0n) is 15.3. The molecule has 0 amide bonds. The van der Waals surface area contributed by atoms with Gasteiger partial charge in [0, 0.05) is 23.5 Å². The maximum atomic E-state index is 12.4. The first-order valence-electron chi connectivity index (χ1n) is 8.88. The number of benzene rings is 1. The van der Waals surface area contributed by atoms with Crippen LogP contribution in [0.25, 0.3) is 0 Å². The van der Waals surface area contributed by atoms with E-state index in [1.54, 1.807) is 13.8 Å². The van der Waals surface area contributed by atoms with Crippen molar-refractivity contribution in [2.75, 3.05) is 0 Å². The third kappa shape index (κ3) is 2.47. The van der Waals surface area contributed by atoms with E-state index in [1.165, 1.54) is 6.07 Å². The summed E-state index contributed by atoms with van der Waals surface area (Å²) in [7, 11) is 0.